The minimum absolute atomic E-state index is 0.0460. The van der Waals surface area contributed by atoms with E-state index in [1.54, 1.807) is 12.1 Å². The van der Waals surface area contributed by atoms with E-state index in [0.29, 0.717) is 16.9 Å². The van der Waals surface area contributed by atoms with Gasteiger partial charge in [0.15, 0.2) is 0 Å². The predicted molar refractivity (Wildman–Crippen MR) is 131 cm³/mol. The Morgan fingerprint density at radius 3 is 2.27 bits per heavy atom. The second-order valence-corrected chi connectivity index (χ2v) is 10.0. The lowest BCUT2D eigenvalue weighted by Gasteiger charge is -2.11. The van der Waals surface area contributed by atoms with Crippen LogP contribution in [-0.2, 0) is 14.8 Å². The van der Waals surface area contributed by atoms with Gasteiger partial charge in [0.2, 0.25) is 5.91 Å². The molecule has 2 N–H and O–H groups in total. The summed E-state index contributed by atoms with van der Waals surface area (Å²) >= 11 is 1.45. The quantitative estimate of drug-likeness (QED) is 0.379. The second-order valence-electron chi connectivity index (χ2n) is 7.24. The van der Waals surface area contributed by atoms with Gasteiger partial charge in [0.25, 0.3) is 10.0 Å². The number of nitrogens with zero attached hydrogens (tertiary/aromatic N) is 1. The van der Waals surface area contributed by atoms with Gasteiger partial charge in [-0.25, -0.2) is 8.42 Å². The van der Waals surface area contributed by atoms with E-state index in [-0.39, 0.29) is 10.8 Å². The number of sulfonamides is 1. The van der Waals surface area contributed by atoms with Crippen LogP contribution in [-0.4, -0.2) is 14.3 Å². The lowest BCUT2D eigenvalue weighted by Crippen LogP contribution is -2.13. The van der Waals surface area contributed by atoms with Crippen LogP contribution in [0.3, 0.4) is 0 Å². The molecule has 0 atom stereocenters. The molecule has 0 aliphatic rings. The van der Waals surface area contributed by atoms with Crippen LogP contribution < -0.4 is 10.0 Å². The van der Waals surface area contributed by atoms with Gasteiger partial charge in [0, 0.05) is 22.4 Å². The summed E-state index contributed by atoms with van der Waals surface area (Å²) in [5.41, 5.74) is 1.16. The molecule has 0 fully saturated rings. The fourth-order valence-electron chi connectivity index (χ4n) is 3.26. The summed E-state index contributed by atoms with van der Waals surface area (Å²) in [6.45, 7) is 1.38. The second kappa shape index (κ2) is 9.36. The standard InChI is InChI=1S/C25H19N3O3S2/c1-17(29)27-21-7-11-24(12-8-21)33(30,31)28-22-9-13-25(20(14-22)16-26)32-23-10-6-18-4-2-3-5-19(18)15-23/h2-15,28H,1H3,(H,27,29). The van der Waals surface area contributed by atoms with E-state index in [1.807, 2.05) is 36.4 Å². The molecule has 164 valence electrons. The Morgan fingerprint density at radius 1 is 0.879 bits per heavy atom. The number of carbonyl (C=O) groups is 1. The fourth-order valence-corrected chi connectivity index (χ4v) is 5.24. The molecule has 4 aromatic rings. The molecule has 4 rings (SSSR count). The highest BCUT2D eigenvalue weighted by molar-refractivity contribution is 7.99. The summed E-state index contributed by atoms with van der Waals surface area (Å²) in [4.78, 5) is 12.9. The number of fused-ring (bicyclic) bond motifs is 1. The van der Waals surface area contributed by atoms with Crippen LogP contribution in [0.4, 0.5) is 11.4 Å². The van der Waals surface area contributed by atoms with Crippen molar-refractivity contribution >= 4 is 49.8 Å². The smallest absolute Gasteiger partial charge is 0.261 e. The van der Waals surface area contributed by atoms with Crippen molar-refractivity contribution in [3.05, 3.63) is 90.5 Å². The van der Waals surface area contributed by atoms with E-state index < -0.39 is 10.0 Å². The molecule has 0 aliphatic heterocycles. The average molecular weight is 474 g/mol. The molecule has 0 aliphatic carbocycles. The number of nitrogens with one attached hydrogen (secondary N) is 2. The minimum atomic E-state index is -3.86. The van der Waals surface area contributed by atoms with Crippen LogP contribution in [0.2, 0.25) is 0 Å². The molecule has 4 aromatic carbocycles. The van der Waals surface area contributed by atoms with Crippen LogP contribution in [0.5, 0.6) is 0 Å². The maximum Gasteiger partial charge on any atom is 0.261 e. The Kier molecular flexibility index (Phi) is 6.36. The summed E-state index contributed by atoms with van der Waals surface area (Å²) < 4.78 is 28.0. The number of rotatable bonds is 6. The molecule has 0 heterocycles. The SMILES string of the molecule is CC(=O)Nc1ccc(S(=O)(=O)Nc2ccc(Sc3ccc4ccccc4c3)c(C#N)c2)cc1. The first-order chi connectivity index (χ1) is 15.8. The molecule has 0 saturated carbocycles. The summed E-state index contributed by atoms with van der Waals surface area (Å²) in [6, 6.07) is 27.0. The molecule has 0 radical (unpaired) electrons. The number of anilines is 2. The molecule has 0 bridgehead atoms. The zero-order chi connectivity index (χ0) is 23.4. The highest BCUT2D eigenvalue weighted by Crippen LogP contribution is 2.34. The maximum absolute atomic E-state index is 12.7. The van der Waals surface area contributed by atoms with Crippen LogP contribution in [0.1, 0.15) is 12.5 Å². The molecule has 1 amide bonds. The third-order valence-corrected chi connectivity index (χ3v) is 7.25. The topological polar surface area (TPSA) is 99.1 Å². The van der Waals surface area contributed by atoms with E-state index in [1.165, 1.54) is 49.0 Å². The summed E-state index contributed by atoms with van der Waals surface area (Å²) in [5, 5.41) is 14.5. The van der Waals surface area contributed by atoms with Gasteiger partial charge in [-0.2, -0.15) is 5.26 Å². The monoisotopic (exact) mass is 473 g/mol. The summed E-state index contributed by atoms with van der Waals surface area (Å²) in [6.07, 6.45) is 0. The van der Waals surface area contributed by atoms with Gasteiger partial charge in [-0.15, -0.1) is 0 Å². The van der Waals surface area contributed by atoms with Gasteiger partial charge >= 0.3 is 0 Å². The number of hydrogen-bond acceptors (Lipinski definition) is 5. The van der Waals surface area contributed by atoms with Crippen molar-refractivity contribution in [1.29, 1.82) is 5.26 Å². The summed E-state index contributed by atoms with van der Waals surface area (Å²) in [7, 11) is -3.86. The minimum Gasteiger partial charge on any atom is -0.326 e. The number of carbonyl (C=O) groups excluding carboxylic acids is 1. The van der Waals surface area contributed by atoms with Gasteiger partial charge in [-0.3, -0.25) is 9.52 Å². The number of benzene rings is 4. The molecule has 0 saturated heterocycles. The van der Waals surface area contributed by atoms with Crippen molar-refractivity contribution in [3.63, 3.8) is 0 Å². The lowest BCUT2D eigenvalue weighted by atomic mass is 10.1. The zero-order valence-electron chi connectivity index (χ0n) is 17.6. The van der Waals surface area contributed by atoms with Gasteiger partial charge < -0.3 is 5.32 Å². The van der Waals surface area contributed by atoms with E-state index in [4.69, 9.17) is 0 Å². The van der Waals surface area contributed by atoms with Crippen LogP contribution in [0.25, 0.3) is 10.8 Å². The molecular weight excluding hydrogens is 454 g/mol. The largest absolute Gasteiger partial charge is 0.326 e. The van der Waals surface area contributed by atoms with Crippen molar-refractivity contribution in [2.75, 3.05) is 10.0 Å². The van der Waals surface area contributed by atoms with E-state index in [2.05, 4.69) is 22.2 Å². The van der Waals surface area contributed by atoms with E-state index in [9.17, 15) is 18.5 Å². The van der Waals surface area contributed by atoms with Crippen LogP contribution in [0.15, 0.2) is 99.6 Å². The highest BCUT2D eigenvalue weighted by atomic mass is 32.2. The van der Waals surface area contributed by atoms with Crippen molar-refractivity contribution < 1.29 is 13.2 Å². The summed E-state index contributed by atoms with van der Waals surface area (Å²) in [5.74, 6) is -0.241. The maximum atomic E-state index is 12.7. The number of hydrogen-bond donors (Lipinski definition) is 2. The van der Waals surface area contributed by atoms with Gasteiger partial charge in [0.05, 0.1) is 16.1 Å². The van der Waals surface area contributed by atoms with Crippen molar-refractivity contribution in [2.24, 2.45) is 0 Å². The normalized spacial score (nSPS) is 11.0. The predicted octanol–water partition coefficient (Wildman–Crippen LogP) is 5.62. The molecule has 0 aromatic heterocycles. The van der Waals surface area contributed by atoms with Crippen molar-refractivity contribution in [2.45, 2.75) is 21.6 Å². The molecule has 0 unspecified atom stereocenters. The molecule has 0 spiro atoms. The van der Waals surface area contributed by atoms with Crippen LogP contribution in [0, 0.1) is 11.3 Å². The third-order valence-electron chi connectivity index (χ3n) is 4.79. The zero-order valence-corrected chi connectivity index (χ0v) is 19.2. The van der Waals surface area contributed by atoms with Crippen molar-refractivity contribution in [1.82, 2.24) is 0 Å². The van der Waals surface area contributed by atoms with E-state index in [0.717, 1.165) is 20.6 Å². The first-order valence-corrected chi connectivity index (χ1v) is 12.3. The first kappa shape index (κ1) is 22.4. The molecule has 33 heavy (non-hydrogen) atoms. The van der Waals surface area contributed by atoms with Gasteiger partial charge in [-0.05, 0) is 65.4 Å². The van der Waals surface area contributed by atoms with E-state index >= 15 is 0 Å². The van der Waals surface area contributed by atoms with Crippen molar-refractivity contribution in [3.8, 4) is 6.07 Å². The van der Waals surface area contributed by atoms with Crippen LogP contribution >= 0.6 is 11.8 Å². The number of nitriles is 1. The molecule has 8 heteroatoms. The highest BCUT2D eigenvalue weighted by Gasteiger charge is 2.16. The fraction of sp³-hybridized carbons (Fsp3) is 0.0400. The Balaban J connectivity index is 1.54. The molecule has 6 nitrogen and oxygen atoms in total. The lowest BCUT2D eigenvalue weighted by molar-refractivity contribution is -0.114. The Morgan fingerprint density at radius 2 is 1.58 bits per heavy atom. The average Bonchev–Trinajstić information content (AvgIpc) is 2.79. The Labute approximate surface area is 196 Å². The first-order valence-electron chi connectivity index (χ1n) is 9.95. The third kappa shape index (κ3) is 5.34. The molecular formula is C25H19N3O3S2. The van der Waals surface area contributed by atoms with Gasteiger partial charge in [0.1, 0.15) is 6.07 Å². The Bertz CT molecular complexity index is 1490. The van der Waals surface area contributed by atoms with Gasteiger partial charge in [-0.1, -0.05) is 42.1 Å². The number of amides is 1. The Hall–Kier alpha value is -3.80.